The fourth-order valence-electron chi connectivity index (χ4n) is 1.94. The first-order valence-electron chi connectivity index (χ1n) is 5.68. The SMILES string of the molecule is CN(Cc1cc(F)ccc1C(N)=S)CC(C)(C)O. The van der Waals surface area contributed by atoms with Gasteiger partial charge in [0.05, 0.1) is 5.60 Å². The number of nitrogens with two attached hydrogens (primary N) is 1. The van der Waals surface area contributed by atoms with Crippen molar-refractivity contribution in [3.8, 4) is 0 Å². The lowest BCUT2D eigenvalue weighted by molar-refractivity contribution is 0.0424. The van der Waals surface area contributed by atoms with Gasteiger partial charge in [-0.3, -0.25) is 4.90 Å². The highest BCUT2D eigenvalue weighted by Gasteiger charge is 2.17. The Bertz CT molecular complexity index is 443. The first-order valence-corrected chi connectivity index (χ1v) is 6.09. The lowest BCUT2D eigenvalue weighted by Crippen LogP contribution is -2.36. The molecule has 0 aromatic heterocycles. The van der Waals surface area contributed by atoms with Gasteiger partial charge in [-0.2, -0.15) is 0 Å². The highest BCUT2D eigenvalue weighted by Crippen LogP contribution is 2.15. The van der Waals surface area contributed by atoms with Crippen LogP contribution in [0, 0.1) is 5.82 Å². The summed E-state index contributed by atoms with van der Waals surface area (Å²) >= 11 is 4.94. The summed E-state index contributed by atoms with van der Waals surface area (Å²) in [7, 11) is 1.85. The topological polar surface area (TPSA) is 49.5 Å². The molecule has 1 rings (SSSR count). The van der Waals surface area contributed by atoms with Crippen LogP contribution in [0.3, 0.4) is 0 Å². The molecule has 0 aliphatic carbocycles. The average molecular weight is 270 g/mol. The molecular weight excluding hydrogens is 251 g/mol. The Kier molecular flexibility index (Phi) is 4.78. The number of thiocarbonyl (C=S) groups is 1. The molecule has 1 aromatic rings. The van der Waals surface area contributed by atoms with Crippen molar-refractivity contribution in [2.45, 2.75) is 26.0 Å². The van der Waals surface area contributed by atoms with Gasteiger partial charge in [-0.25, -0.2) is 4.39 Å². The summed E-state index contributed by atoms with van der Waals surface area (Å²) < 4.78 is 13.2. The second kappa shape index (κ2) is 5.73. The monoisotopic (exact) mass is 270 g/mol. The van der Waals surface area contributed by atoms with Crippen molar-refractivity contribution in [3.63, 3.8) is 0 Å². The van der Waals surface area contributed by atoms with Crippen LogP contribution in [-0.4, -0.2) is 34.2 Å². The van der Waals surface area contributed by atoms with Crippen LogP contribution in [0.25, 0.3) is 0 Å². The second-order valence-corrected chi connectivity index (χ2v) is 5.59. The van der Waals surface area contributed by atoms with Crippen LogP contribution in [0.2, 0.25) is 0 Å². The van der Waals surface area contributed by atoms with Crippen molar-refractivity contribution >= 4 is 17.2 Å². The van der Waals surface area contributed by atoms with E-state index in [0.717, 1.165) is 5.56 Å². The van der Waals surface area contributed by atoms with Gasteiger partial charge in [0, 0.05) is 18.7 Å². The third kappa shape index (κ3) is 4.68. The average Bonchev–Trinajstić information content (AvgIpc) is 2.13. The van der Waals surface area contributed by atoms with Crippen LogP contribution < -0.4 is 5.73 Å². The van der Waals surface area contributed by atoms with Gasteiger partial charge in [0.25, 0.3) is 0 Å². The molecule has 0 unspecified atom stereocenters. The minimum absolute atomic E-state index is 0.252. The summed E-state index contributed by atoms with van der Waals surface area (Å²) in [6, 6.07) is 4.36. The lowest BCUT2D eigenvalue weighted by atomic mass is 10.1. The molecule has 0 atom stereocenters. The molecule has 3 nitrogen and oxygen atoms in total. The van der Waals surface area contributed by atoms with E-state index >= 15 is 0 Å². The van der Waals surface area contributed by atoms with Gasteiger partial charge in [-0.1, -0.05) is 12.2 Å². The standard InChI is InChI=1S/C13H19FN2OS/c1-13(2,17)8-16(3)7-9-6-10(14)4-5-11(9)12(15)18/h4-6,17H,7-8H2,1-3H3,(H2,15,18). The summed E-state index contributed by atoms with van der Waals surface area (Å²) in [5, 5.41) is 9.73. The third-order valence-corrected chi connectivity index (χ3v) is 2.65. The van der Waals surface area contributed by atoms with Gasteiger partial charge in [-0.15, -0.1) is 0 Å². The number of benzene rings is 1. The van der Waals surface area contributed by atoms with Crippen LogP contribution in [0.5, 0.6) is 0 Å². The van der Waals surface area contributed by atoms with E-state index in [2.05, 4.69) is 0 Å². The van der Waals surface area contributed by atoms with Crippen molar-refractivity contribution in [1.29, 1.82) is 0 Å². The van der Waals surface area contributed by atoms with Gasteiger partial charge in [0.1, 0.15) is 10.8 Å². The molecule has 0 heterocycles. The molecule has 3 N–H and O–H groups in total. The highest BCUT2D eigenvalue weighted by molar-refractivity contribution is 7.80. The van der Waals surface area contributed by atoms with E-state index in [1.165, 1.54) is 12.1 Å². The molecule has 0 aliphatic rings. The van der Waals surface area contributed by atoms with Gasteiger partial charge in [-0.05, 0) is 44.7 Å². The third-order valence-electron chi connectivity index (χ3n) is 2.43. The van der Waals surface area contributed by atoms with Crippen molar-refractivity contribution in [2.24, 2.45) is 5.73 Å². The van der Waals surface area contributed by atoms with E-state index in [1.807, 2.05) is 11.9 Å². The van der Waals surface area contributed by atoms with Gasteiger partial charge < -0.3 is 10.8 Å². The van der Waals surface area contributed by atoms with E-state index in [1.54, 1.807) is 19.9 Å². The second-order valence-electron chi connectivity index (χ2n) is 5.15. The predicted octanol–water partition coefficient (Wildman–Crippen LogP) is 1.66. The Hall–Kier alpha value is -1.04. The zero-order valence-corrected chi connectivity index (χ0v) is 11.7. The largest absolute Gasteiger partial charge is 0.389 e. The van der Waals surface area contributed by atoms with Crippen LogP contribution in [0.15, 0.2) is 18.2 Å². The normalized spacial score (nSPS) is 11.9. The number of rotatable bonds is 5. The minimum Gasteiger partial charge on any atom is -0.389 e. The molecule has 0 saturated heterocycles. The molecule has 18 heavy (non-hydrogen) atoms. The summed E-state index contributed by atoms with van der Waals surface area (Å²) in [4.78, 5) is 2.15. The summed E-state index contributed by atoms with van der Waals surface area (Å²) in [6.45, 7) is 4.40. The summed E-state index contributed by atoms with van der Waals surface area (Å²) in [5.41, 5.74) is 6.21. The number of likely N-dealkylation sites (N-methyl/N-ethyl adjacent to an activating group) is 1. The maximum absolute atomic E-state index is 13.2. The van der Waals surface area contributed by atoms with Crippen molar-refractivity contribution in [3.05, 3.63) is 35.1 Å². The van der Waals surface area contributed by atoms with Crippen molar-refractivity contribution in [1.82, 2.24) is 4.90 Å². The molecule has 0 saturated carbocycles. The van der Waals surface area contributed by atoms with Gasteiger partial charge in [0.2, 0.25) is 0 Å². The summed E-state index contributed by atoms with van der Waals surface area (Å²) in [6.07, 6.45) is 0. The number of hydrogen-bond donors (Lipinski definition) is 2. The van der Waals surface area contributed by atoms with E-state index in [0.29, 0.717) is 18.7 Å². The zero-order valence-electron chi connectivity index (χ0n) is 10.9. The molecule has 0 bridgehead atoms. The molecule has 0 fully saturated rings. The molecule has 5 heteroatoms. The molecule has 0 amide bonds. The maximum atomic E-state index is 13.2. The number of halogens is 1. The van der Waals surface area contributed by atoms with Crippen LogP contribution in [-0.2, 0) is 6.54 Å². The number of hydrogen-bond acceptors (Lipinski definition) is 3. The van der Waals surface area contributed by atoms with Gasteiger partial charge >= 0.3 is 0 Å². The number of aliphatic hydroxyl groups is 1. The fourth-order valence-corrected chi connectivity index (χ4v) is 2.14. The Labute approximate surface area is 112 Å². The highest BCUT2D eigenvalue weighted by atomic mass is 32.1. The first kappa shape index (κ1) is 15.0. The van der Waals surface area contributed by atoms with E-state index in [-0.39, 0.29) is 10.8 Å². The maximum Gasteiger partial charge on any atom is 0.123 e. The van der Waals surface area contributed by atoms with Gasteiger partial charge in [0.15, 0.2) is 0 Å². The smallest absolute Gasteiger partial charge is 0.123 e. The zero-order chi connectivity index (χ0) is 13.9. The molecule has 100 valence electrons. The molecule has 1 aromatic carbocycles. The quantitative estimate of drug-likeness (QED) is 0.799. The molecular formula is C13H19FN2OS. The summed E-state index contributed by atoms with van der Waals surface area (Å²) in [5.74, 6) is -0.318. The Morgan fingerprint density at radius 3 is 2.61 bits per heavy atom. The molecule has 0 aliphatic heterocycles. The van der Waals surface area contributed by atoms with Crippen LogP contribution in [0.1, 0.15) is 25.0 Å². The van der Waals surface area contributed by atoms with Crippen molar-refractivity contribution < 1.29 is 9.50 Å². The van der Waals surface area contributed by atoms with E-state index in [9.17, 15) is 9.50 Å². The van der Waals surface area contributed by atoms with Crippen LogP contribution in [0.4, 0.5) is 4.39 Å². The molecule has 0 radical (unpaired) electrons. The number of nitrogens with zero attached hydrogens (tertiary/aromatic N) is 1. The van der Waals surface area contributed by atoms with E-state index < -0.39 is 5.60 Å². The predicted molar refractivity (Wildman–Crippen MR) is 74.9 cm³/mol. The van der Waals surface area contributed by atoms with E-state index in [4.69, 9.17) is 18.0 Å². The van der Waals surface area contributed by atoms with Crippen LogP contribution >= 0.6 is 12.2 Å². The first-order chi connectivity index (χ1) is 8.19. The van der Waals surface area contributed by atoms with Crippen molar-refractivity contribution in [2.75, 3.05) is 13.6 Å². The molecule has 0 spiro atoms. The fraction of sp³-hybridized carbons (Fsp3) is 0.462. The Morgan fingerprint density at radius 1 is 1.50 bits per heavy atom. The lowest BCUT2D eigenvalue weighted by Gasteiger charge is -2.26. The Balaban J connectivity index is 2.89. The minimum atomic E-state index is -0.800. The Morgan fingerprint density at radius 2 is 2.11 bits per heavy atom.